The molecule has 166 valence electrons. The van der Waals surface area contributed by atoms with Crippen LogP contribution in [0.25, 0.3) is 6.08 Å². The van der Waals surface area contributed by atoms with Crippen molar-refractivity contribution in [1.29, 1.82) is 0 Å². The molecule has 0 fully saturated rings. The molecule has 0 aliphatic heterocycles. The molecule has 2 amide bonds. The van der Waals surface area contributed by atoms with Gasteiger partial charge in [-0.3, -0.25) is 9.59 Å². The van der Waals surface area contributed by atoms with E-state index in [9.17, 15) is 18.0 Å². The second-order valence-electron chi connectivity index (χ2n) is 7.17. The van der Waals surface area contributed by atoms with Crippen LogP contribution >= 0.6 is 11.3 Å². The van der Waals surface area contributed by atoms with Crippen molar-refractivity contribution < 1.29 is 18.0 Å². The number of nitrogens with one attached hydrogen (secondary N) is 2. The zero-order valence-corrected chi connectivity index (χ0v) is 19.4. The number of hydrogen-bond donors (Lipinski definition) is 2. The van der Waals surface area contributed by atoms with Crippen molar-refractivity contribution in [3.05, 3.63) is 93.8 Å². The van der Waals surface area contributed by atoms with E-state index in [1.165, 1.54) is 23.5 Å². The summed E-state index contributed by atoms with van der Waals surface area (Å²) < 4.78 is 23.4. The third-order valence-corrected chi connectivity index (χ3v) is 6.73. The van der Waals surface area contributed by atoms with Gasteiger partial charge in [-0.15, -0.1) is 11.3 Å². The molecular formula is C24H24N2O4S2. The second kappa shape index (κ2) is 10.4. The third-order valence-electron chi connectivity index (χ3n) is 4.78. The Balaban J connectivity index is 1.83. The highest BCUT2D eigenvalue weighted by atomic mass is 32.2. The molecule has 0 aliphatic carbocycles. The molecule has 2 N–H and O–H groups in total. The lowest BCUT2D eigenvalue weighted by molar-refractivity contribution is -0.118. The molecule has 0 saturated heterocycles. The first-order valence-corrected chi connectivity index (χ1v) is 12.8. The highest BCUT2D eigenvalue weighted by Gasteiger charge is 2.19. The highest BCUT2D eigenvalue weighted by molar-refractivity contribution is 7.90. The van der Waals surface area contributed by atoms with Crippen LogP contribution in [0, 0.1) is 0 Å². The van der Waals surface area contributed by atoms with Crippen LogP contribution in [0.5, 0.6) is 0 Å². The van der Waals surface area contributed by atoms with Gasteiger partial charge in [0, 0.05) is 16.7 Å². The summed E-state index contributed by atoms with van der Waals surface area (Å²) in [5, 5.41) is 7.55. The SMILES string of the molecule is CCC(NC(=O)/C(=C/c1cccs1)NC(=O)c1ccccc1)c1ccc(S(C)(=O)=O)cc1. The average Bonchev–Trinajstić information content (AvgIpc) is 3.30. The molecule has 32 heavy (non-hydrogen) atoms. The molecule has 1 atom stereocenters. The molecule has 1 aromatic heterocycles. The first-order chi connectivity index (χ1) is 15.3. The molecule has 3 aromatic rings. The number of thiophene rings is 1. The molecule has 1 unspecified atom stereocenters. The normalized spacial score (nSPS) is 12.8. The van der Waals surface area contributed by atoms with Gasteiger partial charge in [-0.1, -0.05) is 43.3 Å². The van der Waals surface area contributed by atoms with Crippen LogP contribution in [-0.4, -0.2) is 26.5 Å². The van der Waals surface area contributed by atoms with Gasteiger partial charge in [0.2, 0.25) is 0 Å². The Labute approximate surface area is 191 Å². The maximum atomic E-state index is 13.1. The Kier molecular flexibility index (Phi) is 7.61. The van der Waals surface area contributed by atoms with Gasteiger partial charge < -0.3 is 10.6 Å². The van der Waals surface area contributed by atoms with Gasteiger partial charge in [0.25, 0.3) is 11.8 Å². The third kappa shape index (κ3) is 6.15. The van der Waals surface area contributed by atoms with E-state index < -0.39 is 15.7 Å². The van der Waals surface area contributed by atoms with Gasteiger partial charge in [0.05, 0.1) is 10.9 Å². The lowest BCUT2D eigenvalue weighted by atomic mass is 10.0. The number of benzene rings is 2. The summed E-state index contributed by atoms with van der Waals surface area (Å²) in [4.78, 5) is 26.8. The smallest absolute Gasteiger partial charge is 0.268 e. The van der Waals surface area contributed by atoms with E-state index in [2.05, 4.69) is 10.6 Å². The quantitative estimate of drug-likeness (QED) is 0.485. The zero-order chi connectivity index (χ0) is 23.1. The summed E-state index contributed by atoms with van der Waals surface area (Å²) in [7, 11) is -3.30. The van der Waals surface area contributed by atoms with Gasteiger partial charge in [-0.25, -0.2) is 8.42 Å². The summed E-state index contributed by atoms with van der Waals surface area (Å²) in [5.41, 5.74) is 1.35. The lowest BCUT2D eigenvalue weighted by Gasteiger charge is -2.19. The molecule has 6 nitrogen and oxygen atoms in total. The van der Waals surface area contributed by atoms with Gasteiger partial charge in [0.1, 0.15) is 5.70 Å². The molecule has 0 bridgehead atoms. The molecule has 0 radical (unpaired) electrons. The Hall–Kier alpha value is -3.23. The van der Waals surface area contributed by atoms with Gasteiger partial charge in [-0.05, 0) is 53.8 Å². The van der Waals surface area contributed by atoms with Crippen molar-refractivity contribution in [1.82, 2.24) is 10.6 Å². The minimum atomic E-state index is -3.30. The summed E-state index contributed by atoms with van der Waals surface area (Å²) in [6.45, 7) is 1.92. The van der Waals surface area contributed by atoms with Crippen molar-refractivity contribution in [3.8, 4) is 0 Å². The maximum absolute atomic E-state index is 13.1. The van der Waals surface area contributed by atoms with E-state index in [0.29, 0.717) is 12.0 Å². The van der Waals surface area contributed by atoms with Crippen LogP contribution in [0.4, 0.5) is 0 Å². The zero-order valence-electron chi connectivity index (χ0n) is 17.7. The summed E-state index contributed by atoms with van der Waals surface area (Å²) in [6, 6.07) is 18.5. The van der Waals surface area contributed by atoms with Crippen LogP contribution in [-0.2, 0) is 14.6 Å². The molecule has 0 aliphatic rings. The molecular weight excluding hydrogens is 444 g/mol. The fourth-order valence-corrected chi connectivity index (χ4v) is 4.35. The topological polar surface area (TPSA) is 92.3 Å². The number of hydrogen-bond acceptors (Lipinski definition) is 5. The van der Waals surface area contributed by atoms with Crippen molar-refractivity contribution in [2.45, 2.75) is 24.3 Å². The molecule has 2 aromatic carbocycles. The Morgan fingerprint density at radius 2 is 1.69 bits per heavy atom. The standard InChI is InChI=1S/C24H24N2O4S2/c1-3-21(17-11-13-20(14-12-17)32(2,29)30)25-24(28)22(16-19-10-7-15-31-19)26-23(27)18-8-5-4-6-9-18/h4-16,21H,3H2,1-2H3,(H,25,28)(H,26,27)/b22-16-. The molecule has 0 spiro atoms. The number of rotatable bonds is 8. The number of sulfone groups is 1. The number of carbonyl (C=O) groups excluding carboxylic acids is 2. The predicted octanol–water partition coefficient (Wildman–Crippen LogP) is 4.19. The fraction of sp³-hybridized carbons (Fsp3) is 0.167. The number of carbonyl (C=O) groups is 2. The van der Waals surface area contributed by atoms with E-state index in [1.807, 2.05) is 30.5 Å². The first-order valence-electron chi connectivity index (χ1n) is 10.0. The monoisotopic (exact) mass is 468 g/mol. The molecule has 0 saturated carbocycles. The fourth-order valence-electron chi connectivity index (χ4n) is 3.06. The van der Waals surface area contributed by atoms with Crippen LogP contribution in [0.1, 0.15) is 40.2 Å². The van der Waals surface area contributed by atoms with Crippen LogP contribution in [0.2, 0.25) is 0 Å². The molecule has 1 heterocycles. The average molecular weight is 469 g/mol. The summed E-state index contributed by atoms with van der Waals surface area (Å²) >= 11 is 1.45. The van der Waals surface area contributed by atoms with Gasteiger partial charge in [0.15, 0.2) is 9.84 Å². The van der Waals surface area contributed by atoms with Gasteiger partial charge in [-0.2, -0.15) is 0 Å². The Morgan fingerprint density at radius 3 is 2.25 bits per heavy atom. The van der Waals surface area contributed by atoms with E-state index in [0.717, 1.165) is 16.7 Å². The van der Waals surface area contributed by atoms with Crippen molar-refractivity contribution in [2.24, 2.45) is 0 Å². The molecule has 8 heteroatoms. The lowest BCUT2D eigenvalue weighted by Crippen LogP contribution is -2.36. The minimum absolute atomic E-state index is 0.132. The summed E-state index contributed by atoms with van der Waals surface area (Å²) in [6.07, 6.45) is 3.38. The van der Waals surface area contributed by atoms with Crippen LogP contribution in [0.3, 0.4) is 0 Å². The maximum Gasteiger partial charge on any atom is 0.268 e. The van der Waals surface area contributed by atoms with Crippen LogP contribution < -0.4 is 10.6 Å². The van der Waals surface area contributed by atoms with E-state index in [4.69, 9.17) is 0 Å². The van der Waals surface area contributed by atoms with E-state index in [1.54, 1.807) is 42.5 Å². The highest BCUT2D eigenvalue weighted by Crippen LogP contribution is 2.20. The van der Waals surface area contributed by atoms with Crippen molar-refractivity contribution >= 4 is 39.1 Å². The van der Waals surface area contributed by atoms with Crippen molar-refractivity contribution in [3.63, 3.8) is 0 Å². The predicted molar refractivity (Wildman–Crippen MR) is 127 cm³/mol. The Bertz CT molecular complexity index is 1200. The largest absolute Gasteiger partial charge is 0.344 e. The summed E-state index contributed by atoms with van der Waals surface area (Å²) in [5.74, 6) is -0.809. The van der Waals surface area contributed by atoms with E-state index in [-0.39, 0.29) is 22.5 Å². The first kappa shape index (κ1) is 23.4. The number of amides is 2. The minimum Gasteiger partial charge on any atom is -0.344 e. The van der Waals surface area contributed by atoms with Crippen molar-refractivity contribution in [2.75, 3.05) is 6.26 Å². The Morgan fingerprint density at radius 1 is 1.00 bits per heavy atom. The second-order valence-corrected chi connectivity index (χ2v) is 10.2. The van der Waals surface area contributed by atoms with Gasteiger partial charge >= 0.3 is 0 Å². The molecule has 3 rings (SSSR count). The van der Waals surface area contributed by atoms with Crippen LogP contribution in [0.15, 0.2) is 82.7 Å². The van der Waals surface area contributed by atoms with E-state index >= 15 is 0 Å².